The van der Waals surface area contributed by atoms with E-state index in [-0.39, 0.29) is 11.7 Å². The van der Waals surface area contributed by atoms with Crippen molar-refractivity contribution in [2.45, 2.75) is 26.4 Å². The lowest BCUT2D eigenvalue weighted by Crippen LogP contribution is -2.42. The fourth-order valence-corrected chi connectivity index (χ4v) is 3.88. The Labute approximate surface area is 193 Å². The third kappa shape index (κ3) is 4.81. The second-order valence-corrected chi connectivity index (χ2v) is 8.90. The van der Waals surface area contributed by atoms with Crippen molar-refractivity contribution in [1.29, 1.82) is 0 Å². The fraction of sp³-hybridized carbons (Fsp3) is 0.174. The Morgan fingerprint density at radius 2 is 1.84 bits per heavy atom. The molecule has 9 heteroatoms. The van der Waals surface area contributed by atoms with E-state index in [1.807, 2.05) is 12.3 Å². The van der Waals surface area contributed by atoms with Gasteiger partial charge < -0.3 is 10.1 Å². The number of thiazole rings is 1. The van der Waals surface area contributed by atoms with Crippen LogP contribution in [0.15, 0.2) is 60.0 Å². The minimum absolute atomic E-state index is 0.305. The second kappa shape index (κ2) is 8.72. The Kier molecular flexibility index (Phi) is 5.99. The molecule has 0 aliphatic carbocycles. The molecule has 0 saturated heterocycles. The van der Waals surface area contributed by atoms with Crippen LogP contribution in [0.4, 0.5) is 10.2 Å². The van der Waals surface area contributed by atoms with Gasteiger partial charge in [-0.3, -0.25) is 4.79 Å². The number of benzene rings is 2. The Hall–Kier alpha value is -3.23. The highest BCUT2D eigenvalue weighted by Crippen LogP contribution is 2.28. The molecule has 2 aromatic carbocycles. The smallest absolute Gasteiger partial charge is 0.269 e. The average Bonchev–Trinajstić information content (AvgIpc) is 3.37. The Bertz CT molecular complexity index is 1250. The number of aryl methyl sites for hydroxylation is 1. The van der Waals surface area contributed by atoms with Gasteiger partial charge in [0.1, 0.15) is 17.4 Å². The average molecular weight is 471 g/mol. The van der Waals surface area contributed by atoms with Gasteiger partial charge in [0.15, 0.2) is 5.60 Å². The van der Waals surface area contributed by atoms with Gasteiger partial charge in [-0.15, -0.1) is 11.3 Å². The van der Waals surface area contributed by atoms with Gasteiger partial charge in [-0.05, 0) is 69.3 Å². The topological polar surface area (TPSA) is 69.0 Å². The SMILES string of the molecule is Cc1cc(NC(=O)C(C)(C)Oc2ccc(Cl)cc2)n(-c2nc(-c3ccc(F)cc3)cs2)n1. The van der Waals surface area contributed by atoms with Crippen LogP contribution in [0.25, 0.3) is 16.4 Å². The van der Waals surface area contributed by atoms with Gasteiger partial charge in [-0.1, -0.05) is 11.6 Å². The van der Waals surface area contributed by atoms with Gasteiger partial charge in [-0.25, -0.2) is 9.37 Å². The monoisotopic (exact) mass is 470 g/mol. The number of anilines is 1. The molecule has 164 valence electrons. The number of amides is 1. The van der Waals surface area contributed by atoms with Gasteiger partial charge >= 0.3 is 0 Å². The van der Waals surface area contributed by atoms with Crippen molar-refractivity contribution >= 4 is 34.7 Å². The quantitative estimate of drug-likeness (QED) is 0.381. The van der Waals surface area contributed by atoms with E-state index in [4.69, 9.17) is 16.3 Å². The Morgan fingerprint density at radius 3 is 2.53 bits per heavy atom. The van der Waals surface area contributed by atoms with Crippen molar-refractivity contribution in [2.24, 2.45) is 0 Å². The molecule has 1 N–H and O–H groups in total. The summed E-state index contributed by atoms with van der Waals surface area (Å²) >= 11 is 7.28. The summed E-state index contributed by atoms with van der Waals surface area (Å²) in [5.41, 5.74) is 1.05. The minimum Gasteiger partial charge on any atom is -0.478 e. The van der Waals surface area contributed by atoms with E-state index in [2.05, 4.69) is 15.4 Å². The molecule has 0 unspecified atom stereocenters. The standard InChI is InChI=1S/C23H20ClFN4O2S/c1-14-12-20(27-21(30)23(2,3)31-18-10-6-16(24)7-11-18)29(28-14)22-26-19(13-32-22)15-4-8-17(25)9-5-15/h4-13H,1-3H3,(H,27,30). The minimum atomic E-state index is -1.15. The zero-order valence-corrected chi connectivity index (χ0v) is 19.2. The molecule has 0 aliphatic heterocycles. The molecule has 4 rings (SSSR count). The highest BCUT2D eigenvalue weighted by Gasteiger charge is 2.31. The number of nitrogens with zero attached hydrogens (tertiary/aromatic N) is 3. The summed E-state index contributed by atoms with van der Waals surface area (Å²) in [4.78, 5) is 17.6. The van der Waals surface area contributed by atoms with Crippen LogP contribution in [0.5, 0.6) is 5.75 Å². The van der Waals surface area contributed by atoms with Crippen LogP contribution in [0.2, 0.25) is 5.02 Å². The molecule has 1 amide bonds. The number of carbonyl (C=O) groups is 1. The normalized spacial score (nSPS) is 11.4. The summed E-state index contributed by atoms with van der Waals surface area (Å²) in [6, 6.07) is 14.7. The zero-order valence-electron chi connectivity index (χ0n) is 17.6. The lowest BCUT2D eigenvalue weighted by atomic mass is 10.1. The molecule has 4 aromatic rings. The van der Waals surface area contributed by atoms with Crippen LogP contribution in [0.3, 0.4) is 0 Å². The summed E-state index contributed by atoms with van der Waals surface area (Å²) < 4.78 is 20.7. The van der Waals surface area contributed by atoms with Crippen molar-refractivity contribution in [2.75, 3.05) is 5.32 Å². The lowest BCUT2D eigenvalue weighted by Gasteiger charge is -2.25. The van der Waals surface area contributed by atoms with Crippen LogP contribution in [-0.4, -0.2) is 26.3 Å². The number of hydrogen-bond acceptors (Lipinski definition) is 5. The van der Waals surface area contributed by atoms with Crippen LogP contribution in [-0.2, 0) is 4.79 Å². The molecule has 2 heterocycles. The van der Waals surface area contributed by atoms with E-state index in [1.54, 1.807) is 61.0 Å². The first-order chi connectivity index (χ1) is 15.2. The van der Waals surface area contributed by atoms with Crippen molar-refractivity contribution in [3.05, 3.63) is 76.5 Å². The first kappa shape index (κ1) is 22.0. The predicted octanol–water partition coefficient (Wildman–Crippen LogP) is 5.89. The largest absolute Gasteiger partial charge is 0.478 e. The summed E-state index contributed by atoms with van der Waals surface area (Å²) in [6.07, 6.45) is 0. The first-order valence-corrected chi connectivity index (χ1v) is 11.0. The predicted molar refractivity (Wildman–Crippen MR) is 124 cm³/mol. The van der Waals surface area contributed by atoms with Crippen LogP contribution in [0, 0.1) is 12.7 Å². The highest BCUT2D eigenvalue weighted by atomic mass is 35.5. The van der Waals surface area contributed by atoms with E-state index in [0.29, 0.717) is 27.4 Å². The van der Waals surface area contributed by atoms with Crippen molar-refractivity contribution < 1.29 is 13.9 Å². The Morgan fingerprint density at radius 1 is 1.16 bits per heavy atom. The first-order valence-electron chi connectivity index (χ1n) is 9.76. The summed E-state index contributed by atoms with van der Waals surface area (Å²) in [5.74, 6) is 0.354. The molecule has 32 heavy (non-hydrogen) atoms. The molecule has 0 aliphatic rings. The second-order valence-electron chi connectivity index (χ2n) is 7.63. The maximum atomic E-state index is 13.2. The fourth-order valence-electron chi connectivity index (χ4n) is 2.96. The van der Waals surface area contributed by atoms with Gasteiger partial charge in [0.05, 0.1) is 11.4 Å². The Balaban J connectivity index is 1.55. The van der Waals surface area contributed by atoms with Crippen molar-refractivity contribution in [1.82, 2.24) is 14.8 Å². The van der Waals surface area contributed by atoms with Crippen LogP contribution in [0.1, 0.15) is 19.5 Å². The summed E-state index contributed by atoms with van der Waals surface area (Å²) in [7, 11) is 0. The molecular formula is C23H20ClFN4O2S. The van der Waals surface area contributed by atoms with E-state index >= 15 is 0 Å². The number of ether oxygens (including phenoxy) is 1. The third-order valence-corrected chi connectivity index (χ3v) is 5.69. The lowest BCUT2D eigenvalue weighted by molar-refractivity contribution is -0.128. The molecular weight excluding hydrogens is 451 g/mol. The van der Waals surface area contributed by atoms with Crippen LogP contribution < -0.4 is 10.1 Å². The number of hydrogen-bond donors (Lipinski definition) is 1. The summed E-state index contributed by atoms with van der Waals surface area (Å²) in [5, 5.41) is 10.4. The van der Waals surface area contributed by atoms with E-state index in [9.17, 15) is 9.18 Å². The van der Waals surface area contributed by atoms with Crippen molar-refractivity contribution in [3.8, 4) is 22.1 Å². The van der Waals surface area contributed by atoms with Crippen molar-refractivity contribution in [3.63, 3.8) is 0 Å². The third-order valence-electron chi connectivity index (χ3n) is 4.62. The highest BCUT2D eigenvalue weighted by molar-refractivity contribution is 7.12. The molecule has 2 aromatic heterocycles. The molecule has 0 bridgehead atoms. The maximum Gasteiger partial charge on any atom is 0.269 e. The van der Waals surface area contributed by atoms with Gasteiger partial charge in [0, 0.05) is 22.0 Å². The molecule has 0 atom stereocenters. The van der Waals surface area contributed by atoms with Gasteiger partial charge in [0.25, 0.3) is 5.91 Å². The number of nitrogens with one attached hydrogen (secondary N) is 1. The maximum absolute atomic E-state index is 13.2. The number of halogens is 2. The number of aromatic nitrogens is 3. The van der Waals surface area contributed by atoms with Gasteiger partial charge in [0.2, 0.25) is 5.13 Å². The molecule has 6 nitrogen and oxygen atoms in total. The van der Waals surface area contributed by atoms with E-state index in [1.165, 1.54) is 23.5 Å². The summed E-state index contributed by atoms with van der Waals surface area (Å²) in [6.45, 7) is 5.19. The van der Waals surface area contributed by atoms with E-state index < -0.39 is 5.60 Å². The molecule has 0 spiro atoms. The molecule has 0 fully saturated rings. The van der Waals surface area contributed by atoms with Crippen LogP contribution >= 0.6 is 22.9 Å². The van der Waals surface area contributed by atoms with E-state index in [0.717, 1.165) is 11.3 Å². The number of carbonyl (C=O) groups excluding carboxylic acids is 1. The number of rotatable bonds is 6. The molecule has 0 saturated carbocycles. The molecule has 0 radical (unpaired) electrons. The van der Waals surface area contributed by atoms with Gasteiger partial charge in [-0.2, -0.15) is 9.78 Å². The zero-order chi connectivity index (χ0) is 22.9.